The predicted molar refractivity (Wildman–Crippen MR) is 138 cm³/mol. The fourth-order valence-electron chi connectivity index (χ4n) is 3.89. The summed E-state index contributed by atoms with van der Waals surface area (Å²) in [4.78, 5) is 53.8. The molecule has 2 heterocycles. The topological polar surface area (TPSA) is 111 Å². The molecule has 186 valence electrons. The SMILES string of the molecule is C=CCn1c(=O)c2ccc(C(=O)NC(C)CC)cc2n2c(=O)n(CC(=O)N(C)c3ccccc3)nc12. The van der Waals surface area contributed by atoms with E-state index in [0.29, 0.717) is 11.3 Å². The van der Waals surface area contributed by atoms with E-state index in [0.717, 1.165) is 11.1 Å². The Kier molecular flexibility index (Phi) is 6.86. The Morgan fingerprint density at radius 3 is 2.56 bits per heavy atom. The minimum Gasteiger partial charge on any atom is -0.350 e. The number of nitrogens with zero attached hydrogens (tertiary/aromatic N) is 5. The Labute approximate surface area is 207 Å². The molecule has 0 aliphatic rings. The molecule has 10 nitrogen and oxygen atoms in total. The Morgan fingerprint density at radius 2 is 1.89 bits per heavy atom. The molecule has 0 saturated heterocycles. The van der Waals surface area contributed by atoms with Crippen molar-refractivity contribution in [1.82, 2.24) is 24.1 Å². The van der Waals surface area contributed by atoms with Crippen molar-refractivity contribution in [3.63, 3.8) is 0 Å². The number of hydrogen-bond acceptors (Lipinski definition) is 5. The van der Waals surface area contributed by atoms with Crippen molar-refractivity contribution in [3.8, 4) is 0 Å². The van der Waals surface area contributed by atoms with Gasteiger partial charge >= 0.3 is 5.69 Å². The van der Waals surface area contributed by atoms with Gasteiger partial charge in [-0.15, -0.1) is 11.7 Å². The van der Waals surface area contributed by atoms with Gasteiger partial charge in [-0.2, -0.15) is 0 Å². The van der Waals surface area contributed by atoms with Gasteiger partial charge in [0, 0.05) is 30.9 Å². The fraction of sp³-hybridized carbons (Fsp3) is 0.269. The number of carbonyl (C=O) groups is 2. The number of carbonyl (C=O) groups excluding carboxylic acids is 2. The summed E-state index contributed by atoms with van der Waals surface area (Å²) in [5.41, 5.74) is 0.250. The molecule has 2 aromatic heterocycles. The molecule has 4 aromatic rings. The molecule has 10 heteroatoms. The highest BCUT2D eigenvalue weighted by molar-refractivity contribution is 5.98. The van der Waals surface area contributed by atoms with Gasteiger partial charge in [-0.05, 0) is 43.7 Å². The normalized spacial score (nSPS) is 12.0. The number of hydrogen-bond donors (Lipinski definition) is 1. The summed E-state index contributed by atoms with van der Waals surface area (Å²) in [6, 6.07) is 13.6. The van der Waals surface area contributed by atoms with E-state index in [1.807, 2.05) is 32.0 Å². The number of anilines is 1. The van der Waals surface area contributed by atoms with Gasteiger partial charge in [-0.25, -0.2) is 13.9 Å². The van der Waals surface area contributed by atoms with Gasteiger partial charge in [-0.3, -0.25) is 19.0 Å². The van der Waals surface area contributed by atoms with Gasteiger partial charge in [0.15, 0.2) is 0 Å². The zero-order valence-corrected chi connectivity index (χ0v) is 20.5. The molecule has 0 radical (unpaired) electrons. The highest BCUT2D eigenvalue weighted by Crippen LogP contribution is 2.15. The maximum atomic E-state index is 13.5. The van der Waals surface area contributed by atoms with Crippen LogP contribution >= 0.6 is 0 Å². The van der Waals surface area contributed by atoms with Gasteiger partial charge in [0.25, 0.3) is 11.5 Å². The number of para-hydroxylation sites is 1. The Hall–Kier alpha value is -4.47. The summed E-state index contributed by atoms with van der Waals surface area (Å²) in [5.74, 6) is -0.607. The predicted octanol–water partition coefficient (Wildman–Crippen LogP) is 2.19. The van der Waals surface area contributed by atoms with Crippen molar-refractivity contribution in [2.24, 2.45) is 0 Å². The molecule has 0 spiro atoms. The van der Waals surface area contributed by atoms with Crippen LogP contribution in [0.4, 0.5) is 5.69 Å². The van der Waals surface area contributed by atoms with Crippen molar-refractivity contribution in [2.75, 3.05) is 11.9 Å². The van der Waals surface area contributed by atoms with Crippen molar-refractivity contribution in [2.45, 2.75) is 39.4 Å². The van der Waals surface area contributed by atoms with E-state index in [4.69, 9.17) is 0 Å². The third-order valence-corrected chi connectivity index (χ3v) is 6.14. The summed E-state index contributed by atoms with van der Waals surface area (Å²) in [7, 11) is 1.61. The van der Waals surface area contributed by atoms with Crippen LogP contribution in [-0.2, 0) is 17.9 Å². The number of nitrogens with one attached hydrogen (secondary N) is 1. The van der Waals surface area contributed by atoms with Crippen molar-refractivity contribution < 1.29 is 9.59 Å². The van der Waals surface area contributed by atoms with E-state index >= 15 is 0 Å². The number of likely N-dealkylation sites (N-methyl/N-ethyl adjacent to an activating group) is 1. The monoisotopic (exact) mass is 488 g/mol. The second-order valence-corrected chi connectivity index (χ2v) is 8.58. The van der Waals surface area contributed by atoms with Crippen LogP contribution in [0.2, 0.25) is 0 Å². The fourth-order valence-corrected chi connectivity index (χ4v) is 3.89. The van der Waals surface area contributed by atoms with Gasteiger partial charge in [0.05, 0.1) is 10.9 Å². The van der Waals surface area contributed by atoms with Crippen LogP contribution in [-0.4, -0.2) is 43.7 Å². The first kappa shape index (κ1) is 24.6. The minimum atomic E-state index is -0.595. The number of benzene rings is 2. The Balaban J connectivity index is 1.86. The van der Waals surface area contributed by atoms with Crippen molar-refractivity contribution in [3.05, 3.63) is 87.6 Å². The standard InChI is InChI=1S/C26H28N6O4/c1-5-14-30-24(35)20-13-12-18(23(34)27-17(3)6-2)15-21(20)32-25(30)28-31(26(32)36)16-22(33)29(4)19-10-8-7-9-11-19/h5,7-13,15,17H,1,6,14,16H2,2-4H3,(H,27,34). The number of aromatic nitrogens is 4. The van der Waals surface area contributed by atoms with Crippen LogP contribution < -0.4 is 21.5 Å². The van der Waals surface area contributed by atoms with Crippen LogP contribution in [0.15, 0.2) is 70.8 Å². The molecule has 1 atom stereocenters. The van der Waals surface area contributed by atoms with Gasteiger partial charge in [0.2, 0.25) is 11.7 Å². The molecule has 0 aliphatic heterocycles. The molecule has 1 unspecified atom stereocenters. The molecule has 2 aromatic carbocycles. The van der Waals surface area contributed by atoms with E-state index in [-0.39, 0.29) is 53.2 Å². The summed E-state index contributed by atoms with van der Waals surface area (Å²) in [5, 5.41) is 7.46. The van der Waals surface area contributed by atoms with Gasteiger partial charge in [0.1, 0.15) is 6.54 Å². The third-order valence-electron chi connectivity index (χ3n) is 6.14. The summed E-state index contributed by atoms with van der Waals surface area (Å²) >= 11 is 0. The zero-order chi connectivity index (χ0) is 26.0. The molecule has 0 bridgehead atoms. The zero-order valence-electron chi connectivity index (χ0n) is 20.5. The van der Waals surface area contributed by atoms with Crippen LogP contribution in [0.1, 0.15) is 30.6 Å². The second kappa shape index (κ2) is 10.0. The Morgan fingerprint density at radius 1 is 1.17 bits per heavy atom. The second-order valence-electron chi connectivity index (χ2n) is 8.58. The summed E-state index contributed by atoms with van der Waals surface area (Å²) in [6.07, 6.45) is 2.28. The minimum absolute atomic E-state index is 0.0353. The van der Waals surface area contributed by atoms with Crippen LogP contribution in [0.25, 0.3) is 16.7 Å². The summed E-state index contributed by atoms with van der Waals surface area (Å²) in [6.45, 7) is 7.33. The molecule has 36 heavy (non-hydrogen) atoms. The highest BCUT2D eigenvalue weighted by atomic mass is 16.2. The maximum Gasteiger partial charge on any atom is 0.352 e. The number of rotatable bonds is 8. The lowest BCUT2D eigenvalue weighted by Crippen LogP contribution is -2.34. The van der Waals surface area contributed by atoms with E-state index < -0.39 is 5.69 Å². The lowest BCUT2D eigenvalue weighted by Gasteiger charge is -2.16. The molecule has 0 aliphatic carbocycles. The largest absolute Gasteiger partial charge is 0.352 e. The smallest absolute Gasteiger partial charge is 0.350 e. The van der Waals surface area contributed by atoms with Crippen molar-refractivity contribution >= 4 is 34.2 Å². The number of fused-ring (bicyclic) bond motifs is 3. The lowest BCUT2D eigenvalue weighted by molar-refractivity contribution is -0.119. The van der Waals surface area contributed by atoms with Gasteiger partial charge < -0.3 is 10.2 Å². The highest BCUT2D eigenvalue weighted by Gasteiger charge is 2.21. The lowest BCUT2D eigenvalue weighted by atomic mass is 10.1. The molecule has 4 rings (SSSR count). The molecular weight excluding hydrogens is 460 g/mol. The van der Waals surface area contributed by atoms with Gasteiger partial charge in [-0.1, -0.05) is 31.2 Å². The third kappa shape index (κ3) is 4.45. The molecule has 1 N–H and O–H groups in total. The molecule has 2 amide bonds. The van der Waals surface area contributed by atoms with Crippen LogP contribution in [0.5, 0.6) is 0 Å². The Bertz CT molecular complexity index is 1580. The number of amides is 2. The molecular formula is C26H28N6O4. The maximum absolute atomic E-state index is 13.5. The first-order valence-electron chi connectivity index (χ1n) is 11.7. The van der Waals surface area contributed by atoms with Crippen molar-refractivity contribution in [1.29, 1.82) is 0 Å². The van der Waals surface area contributed by atoms with Crippen LogP contribution in [0.3, 0.4) is 0 Å². The summed E-state index contributed by atoms with van der Waals surface area (Å²) < 4.78 is 3.61. The number of allylic oxidation sites excluding steroid dienone is 1. The van der Waals surface area contributed by atoms with E-state index in [1.54, 1.807) is 25.2 Å². The quantitative estimate of drug-likeness (QED) is 0.382. The molecule has 0 fully saturated rings. The van der Waals surface area contributed by atoms with E-state index in [2.05, 4.69) is 17.0 Å². The molecule has 0 saturated carbocycles. The van der Waals surface area contributed by atoms with Crippen LogP contribution in [0, 0.1) is 0 Å². The average Bonchev–Trinajstić information content (AvgIpc) is 3.21. The first-order chi connectivity index (χ1) is 17.3. The average molecular weight is 489 g/mol. The first-order valence-corrected chi connectivity index (χ1v) is 11.7. The van der Waals surface area contributed by atoms with E-state index in [9.17, 15) is 19.2 Å². The van der Waals surface area contributed by atoms with E-state index in [1.165, 1.54) is 32.1 Å².